The predicted molar refractivity (Wildman–Crippen MR) is 128 cm³/mol. The Kier molecular flexibility index (Phi) is 5.86. The Hall–Kier alpha value is -4.33. The Labute approximate surface area is 196 Å². The Bertz CT molecular complexity index is 1450. The highest BCUT2D eigenvalue weighted by atomic mass is 19.1. The van der Waals surface area contributed by atoms with Gasteiger partial charge < -0.3 is 4.84 Å². The highest BCUT2D eigenvalue weighted by Crippen LogP contribution is 2.25. The van der Waals surface area contributed by atoms with E-state index >= 15 is 0 Å². The molecule has 2 aromatic carbocycles. The maximum Gasteiger partial charge on any atom is 0.162 e. The molecule has 0 bridgehead atoms. The smallest absolute Gasteiger partial charge is 0.162 e. The van der Waals surface area contributed by atoms with E-state index in [4.69, 9.17) is 9.82 Å². The minimum Gasteiger partial charge on any atom is -0.389 e. The van der Waals surface area contributed by atoms with E-state index in [0.29, 0.717) is 17.9 Å². The van der Waals surface area contributed by atoms with E-state index in [1.807, 2.05) is 35.9 Å². The van der Waals surface area contributed by atoms with Crippen molar-refractivity contribution >= 4 is 11.9 Å². The summed E-state index contributed by atoms with van der Waals surface area (Å²) in [5, 5.41) is 12.5. The summed E-state index contributed by atoms with van der Waals surface area (Å²) in [6.07, 6.45) is 5.38. The van der Waals surface area contributed by atoms with Crippen molar-refractivity contribution in [2.24, 2.45) is 5.16 Å². The molecule has 0 saturated carbocycles. The Morgan fingerprint density at radius 3 is 2.62 bits per heavy atom. The van der Waals surface area contributed by atoms with Crippen LogP contribution >= 0.6 is 0 Å². The van der Waals surface area contributed by atoms with Crippen molar-refractivity contribution in [2.45, 2.75) is 27.0 Å². The number of imidazole rings is 1. The molecule has 170 valence electrons. The SMILES string of the molecule is Cc1ccc(Cn2cc(CO/N=C/c3c(-c4ccc(F)cc4)nc4c(C)cccn34)nn2)cc1. The molecule has 7 nitrogen and oxygen atoms in total. The number of hydrogen-bond donors (Lipinski definition) is 0. The summed E-state index contributed by atoms with van der Waals surface area (Å²) in [6, 6.07) is 18.5. The van der Waals surface area contributed by atoms with Crippen LogP contribution in [0.3, 0.4) is 0 Å². The van der Waals surface area contributed by atoms with Crippen molar-refractivity contribution in [1.82, 2.24) is 24.4 Å². The predicted octanol–water partition coefficient (Wildman–Crippen LogP) is 4.95. The van der Waals surface area contributed by atoms with Crippen molar-refractivity contribution in [2.75, 3.05) is 0 Å². The Balaban J connectivity index is 1.32. The van der Waals surface area contributed by atoms with Crippen LogP contribution in [0.15, 0.2) is 78.2 Å². The number of pyridine rings is 1. The van der Waals surface area contributed by atoms with Gasteiger partial charge in [0, 0.05) is 11.8 Å². The van der Waals surface area contributed by atoms with Gasteiger partial charge in [0.15, 0.2) is 6.61 Å². The lowest BCUT2D eigenvalue weighted by Crippen LogP contribution is -2.00. The largest absolute Gasteiger partial charge is 0.389 e. The van der Waals surface area contributed by atoms with E-state index < -0.39 is 0 Å². The van der Waals surface area contributed by atoms with Crippen LogP contribution in [0.1, 0.15) is 28.1 Å². The van der Waals surface area contributed by atoms with Gasteiger partial charge in [-0.25, -0.2) is 14.1 Å². The van der Waals surface area contributed by atoms with Gasteiger partial charge >= 0.3 is 0 Å². The highest BCUT2D eigenvalue weighted by molar-refractivity contribution is 5.89. The van der Waals surface area contributed by atoms with Gasteiger partial charge in [-0.1, -0.05) is 46.3 Å². The van der Waals surface area contributed by atoms with Gasteiger partial charge in [0.05, 0.1) is 30.3 Å². The Morgan fingerprint density at radius 2 is 1.82 bits per heavy atom. The van der Waals surface area contributed by atoms with E-state index in [9.17, 15) is 4.39 Å². The highest BCUT2D eigenvalue weighted by Gasteiger charge is 2.14. The van der Waals surface area contributed by atoms with Crippen molar-refractivity contribution in [3.8, 4) is 11.3 Å². The van der Waals surface area contributed by atoms with Gasteiger partial charge in [-0.3, -0.25) is 4.40 Å². The zero-order valence-corrected chi connectivity index (χ0v) is 18.9. The molecule has 0 aliphatic rings. The van der Waals surface area contributed by atoms with E-state index in [1.54, 1.807) is 23.0 Å². The molecule has 0 saturated heterocycles. The zero-order chi connectivity index (χ0) is 23.5. The van der Waals surface area contributed by atoms with Gasteiger partial charge in [0.1, 0.15) is 17.2 Å². The third-order valence-electron chi connectivity index (χ3n) is 5.51. The normalized spacial score (nSPS) is 11.5. The molecule has 5 aromatic rings. The monoisotopic (exact) mass is 454 g/mol. The maximum atomic E-state index is 13.4. The molecule has 3 heterocycles. The zero-order valence-electron chi connectivity index (χ0n) is 18.9. The molecule has 0 spiro atoms. The van der Waals surface area contributed by atoms with Gasteiger partial charge in [-0.15, -0.1) is 5.10 Å². The summed E-state index contributed by atoms with van der Waals surface area (Å²) >= 11 is 0. The first-order valence-corrected chi connectivity index (χ1v) is 10.9. The van der Waals surface area contributed by atoms with Gasteiger partial charge in [0.25, 0.3) is 0 Å². The lowest BCUT2D eigenvalue weighted by atomic mass is 10.1. The minimum absolute atomic E-state index is 0.187. The second-order valence-electron chi connectivity index (χ2n) is 8.14. The van der Waals surface area contributed by atoms with Gasteiger partial charge in [-0.2, -0.15) is 0 Å². The average molecular weight is 455 g/mol. The molecule has 34 heavy (non-hydrogen) atoms. The molecule has 3 aromatic heterocycles. The Morgan fingerprint density at radius 1 is 1.03 bits per heavy atom. The molecule has 0 N–H and O–H groups in total. The quantitative estimate of drug-likeness (QED) is 0.258. The van der Waals surface area contributed by atoms with E-state index in [2.05, 4.69) is 46.7 Å². The summed E-state index contributed by atoms with van der Waals surface area (Å²) in [6.45, 7) is 4.88. The first-order valence-electron chi connectivity index (χ1n) is 10.9. The number of hydrogen-bond acceptors (Lipinski definition) is 5. The second kappa shape index (κ2) is 9.27. The lowest BCUT2D eigenvalue weighted by Gasteiger charge is -2.01. The molecule has 0 aliphatic heterocycles. The van der Waals surface area contributed by atoms with E-state index in [1.165, 1.54) is 17.7 Å². The van der Waals surface area contributed by atoms with Gasteiger partial charge in [-0.05, 0) is 55.3 Å². The number of aromatic nitrogens is 5. The molecule has 8 heteroatoms. The summed E-state index contributed by atoms with van der Waals surface area (Å²) in [7, 11) is 0. The fourth-order valence-corrected chi connectivity index (χ4v) is 3.72. The summed E-state index contributed by atoms with van der Waals surface area (Å²) in [5.41, 5.74) is 7.12. The van der Waals surface area contributed by atoms with Crippen molar-refractivity contribution in [3.05, 3.63) is 107 Å². The van der Waals surface area contributed by atoms with Crippen molar-refractivity contribution in [3.63, 3.8) is 0 Å². The first-order chi connectivity index (χ1) is 16.6. The molecule has 0 radical (unpaired) electrons. The molecular formula is C26H23FN6O. The minimum atomic E-state index is -0.294. The fraction of sp³-hybridized carbons (Fsp3) is 0.154. The summed E-state index contributed by atoms with van der Waals surface area (Å²) in [5.74, 6) is -0.294. The van der Waals surface area contributed by atoms with Crippen molar-refractivity contribution in [1.29, 1.82) is 0 Å². The number of benzene rings is 2. The molecule has 0 atom stereocenters. The van der Waals surface area contributed by atoms with Crippen LogP contribution in [0.2, 0.25) is 0 Å². The number of aryl methyl sites for hydroxylation is 2. The van der Waals surface area contributed by atoms with E-state index in [-0.39, 0.29) is 12.4 Å². The van der Waals surface area contributed by atoms with Crippen LogP contribution in [0, 0.1) is 19.7 Å². The van der Waals surface area contributed by atoms with Crippen LogP contribution in [0.5, 0.6) is 0 Å². The van der Waals surface area contributed by atoms with Crippen LogP contribution in [-0.2, 0) is 18.0 Å². The topological polar surface area (TPSA) is 69.6 Å². The molecule has 0 aliphatic carbocycles. The van der Waals surface area contributed by atoms with Crippen LogP contribution in [0.25, 0.3) is 16.9 Å². The van der Waals surface area contributed by atoms with Crippen LogP contribution in [0.4, 0.5) is 4.39 Å². The van der Waals surface area contributed by atoms with Crippen LogP contribution < -0.4 is 0 Å². The average Bonchev–Trinajstić information content (AvgIpc) is 3.44. The van der Waals surface area contributed by atoms with E-state index in [0.717, 1.165) is 28.0 Å². The fourth-order valence-electron chi connectivity index (χ4n) is 3.72. The second-order valence-corrected chi connectivity index (χ2v) is 8.14. The van der Waals surface area contributed by atoms with Crippen molar-refractivity contribution < 1.29 is 9.23 Å². The maximum absolute atomic E-state index is 13.4. The number of fused-ring (bicyclic) bond motifs is 1. The lowest BCUT2D eigenvalue weighted by molar-refractivity contribution is 0.129. The number of oxime groups is 1. The number of halogens is 1. The summed E-state index contributed by atoms with van der Waals surface area (Å²) < 4.78 is 17.2. The summed E-state index contributed by atoms with van der Waals surface area (Å²) in [4.78, 5) is 10.3. The van der Waals surface area contributed by atoms with Gasteiger partial charge in [0.2, 0.25) is 0 Å². The standard InChI is InChI=1S/C26H23FN6O/c1-18-5-7-20(8-6-18)15-32-16-23(30-31-32)17-34-28-14-24-25(21-9-11-22(27)12-10-21)29-26-19(2)4-3-13-33(24)26/h3-14,16H,15,17H2,1-2H3/b28-14+. The number of rotatable bonds is 7. The number of nitrogens with zero attached hydrogens (tertiary/aromatic N) is 6. The first kappa shape index (κ1) is 21.5. The molecule has 0 amide bonds. The third kappa shape index (κ3) is 4.56. The van der Waals surface area contributed by atoms with Crippen LogP contribution in [-0.4, -0.2) is 30.6 Å². The molecule has 5 rings (SSSR count). The third-order valence-corrected chi connectivity index (χ3v) is 5.51. The molecule has 0 unspecified atom stereocenters. The molecular weight excluding hydrogens is 431 g/mol. The molecule has 0 fully saturated rings.